The van der Waals surface area contributed by atoms with Crippen LogP contribution >= 0.6 is 11.3 Å². The highest BCUT2D eigenvalue weighted by Crippen LogP contribution is 2.29. The summed E-state index contributed by atoms with van der Waals surface area (Å²) in [4.78, 5) is 47.7. The maximum Gasteiger partial charge on any atom is 0.273 e. The second-order valence-corrected chi connectivity index (χ2v) is 8.21. The number of anilines is 1. The molecule has 1 unspecified atom stereocenters. The molecule has 1 aliphatic heterocycles. The van der Waals surface area contributed by atoms with Crippen LogP contribution in [-0.4, -0.2) is 52.0 Å². The molecule has 0 saturated carbocycles. The zero-order valence-corrected chi connectivity index (χ0v) is 17.2. The molecule has 1 fully saturated rings. The Morgan fingerprint density at radius 2 is 2.18 bits per heavy atom. The molecule has 0 spiro atoms. The number of carbonyl (C=O) groups is 2. The SMILES string of the molecule is CCNC(=O)C1CCCN(c2nc3ncn(CC(=O)NC(C)C)c(=O)c3s2)C1. The van der Waals surface area contributed by atoms with Gasteiger partial charge in [-0.1, -0.05) is 11.3 Å². The van der Waals surface area contributed by atoms with Gasteiger partial charge in [-0.05, 0) is 33.6 Å². The molecule has 1 atom stereocenters. The number of carbonyl (C=O) groups excluding carboxylic acids is 2. The fraction of sp³-hybridized carbons (Fsp3) is 0.611. The van der Waals surface area contributed by atoms with E-state index in [1.54, 1.807) is 0 Å². The van der Waals surface area contributed by atoms with Gasteiger partial charge in [-0.2, -0.15) is 4.98 Å². The third-order valence-electron chi connectivity index (χ3n) is 4.55. The molecular weight excluding hydrogens is 380 g/mol. The Bertz CT molecular complexity index is 922. The number of amides is 2. The summed E-state index contributed by atoms with van der Waals surface area (Å²) in [7, 11) is 0. The minimum atomic E-state index is -0.273. The topological polar surface area (TPSA) is 109 Å². The molecule has 1 aliphatic rings. The lowest BCUT2D eigenvalue weighted by Crippen LogP contribution is -2.43. The maximum atomic E-state index is 12.7. The average molecular weight is 407 g/mol. The fourth-order valence-corrected chi connectivity index (χ4v) is 4.29. The first kappa shape index (κ1) is 20.2. The number of thiazole rings is 1. The van der Waals surface area contributed by atoms with Crippen LogP contribution in [0.3, 0.4) is 0 Å². The molecule has 1 saturated heterocycles. The number of fused-ring (bicyclic) bond motifs is 1. The first-order chi connectivity index (χ1) is 13.4. The Morgan fingerprint density at radius 1 is 1.39 bits per heavy atom. The molecule has 28 heavy (non-hydrogen) atoms. The number of hydrogen-bond acceptors (Lipinski definition) is 7. The van der Waals surface area contributed by atoms with Gasteiger partial charge in [0.2, 0.25) is 11.8 Å². The summed E-state index contributed by atoms with van der Waals surface area (Å²) in [5, 5.41) is 6.33. The van der Waals surface area contributed by atoms with E-state index in [0.29, 0.717) is 28.6 Å². The molecule has 2 aromatic rings. The van der Waals surface area contributed by atoms with Crippen LogP contribution in [0.5, 0.6) is 0 Å². The van der Waals surface area contributed by atoms with Crippen molar-refractivity contribution in [2.45, 2.75) is 46.2 Å². The molecule has 10 heteroatoms. The van der Waals surface area contributed by atoms with Crippen LogP contribution < -0.4 is 21.1 Å². The number of rotatable bonds is 6. The third-order valence-corrected chi connectivity index (χ3v) is 5.64. The van der Waals surface area contributed by atoms with Gasteiger partial charge >= 0.3 is 0 Å². The molecule has 0 radical (unpaired) electrons. The number of hydrogen-bond donors (Lipinski definition) is 2. The Kier molecular flexibility index (Phi) is 6.28. The van der Waals surface area contributed by atoms with Gasteiger partial charge in [0.25, 0.3) is 5.56 Å². The Labute approximate surface area is 167 Å². The van der Waals surface area contributed by atoms with Gasteiger partial charge in [0.15, 0.2) is 10.8 Å². The quantitative estimate of drug-likeness (QED) is 0.732. The van der Waals surface area contributed by atoms with Gasteiger partial charge < -0.3 is 15.5 Å². The predicted molar refractivity (Wildman–Crippen MR) is 109 cm³/mol. The molecular formula is C18H26N6O3S. The zero-order chi connectivity index (χ0) is 20.3. The third kappa shape index (κ3) is 4.49. The number of aromatic nitrogens is 3. The summed E-state index contributed by atoms with van der Waals surface area (Å²) in [6.07, 6.45) is 3.11. The summed E-state index contributed by atoms with van der Waals surface area (Å²) < 4.78 is 1.73. The second-order valence-electron chi connectivity index (χ2n) is 7.23. The standard InChI is InChI=1S/C18H26N6O3S/c1-4-19-16(26)12-6-5-7-23(8-12)18-22-15-14(28-18)17(27)24(10-20-15)9-13(25)21-11(2)3/h10-12H,4-9H2,1-3H3,(H,19,26)(H,21,25). The van der Waals surface area contributed by atoms with Crippen LogP contribution in [0.1, 0.15) is 33.6 Å². The highest BCUT2D eigenvalue weighted by atomic mass is 32.1. The van der Waals surface area contributed by atoms with Gasteiger partial charge in [-0.25, -0.2) is 4.98 Å². The van der Waals surface area contributed by atoms with Crippen LogP contribution in [0.15, 0.2) is 11.1 Å². The average Bonchev–Trinajstić information content (AvgIpc) is 3.09. The van der Waals surface area contributed by atoms with Gasteiger partial charge in [0.1, 0.15) is 17.6 Å². The highest BCUT2D eigenvalue weighted by Gasteiger charge is 2.27. The molecule has 0 bridgehead atoms. The van der Waals surface area contributed by atoms with E-state index in [1.807, 2.05) is 25.7 Å². The van der Waals surface area contributed by atoms with Crippen LogP contribution in [0.2, 0.25) is 0 Å². The van der Waals surface area contributed by atoms with Crippen molar-refractivity contribution in [1.29, 1.82) is 0 Å². The van der Waals surface area contributed by atoms with E-state index < -0.39 is 0 Å². The van der Waals surface area contributed by atoms with E-state index in [9.17, 15) is 14.4 Å². The van der Waals surface area contributed by atoms with Crippen LogP contribution in [0.4, 0.5) is 5.13 Å². The number of piperidine rings is 1. The summed E-state index contributed by atoms with van der Waals surface area (Å²) in [5.74, 6) is -0.251. The lowest BCUT2D eigenvalue weighted by molar-refractivity contribution is -0.125. The molecule has 2 N–H and O–H groups in total. The number of nitrogens with zero attached hydrogens (tertiary/aromatic N) is 4. The van der Waals surface area contributed by atoms with E-state index in [4.69, 9.17) is 0 Å². The van der Waals surface area contributed by atoms with E-state index in [-0.39, 0.29) is 35.9 Å². The van der Waals surface area contributed by atoms with E-state index >= 15 is 0 Å². The van der Waals surface area contributed by atoms with Gasteiger partial charge in [-0.15, -0.1) is 0 Å². The first-order valence-electron chi connectivity index (χ1n) is 9.57. The highest BCUT2D eigenvalue weighted by molar-refractivity contribution is 7.22. The minimum absolute atomic E-state index is 0.00635. The lowest BCUT2D eigenvalue weighted by Gasteiger charge is -2.31. The summed E-state index contributed by atoms with van der Waals surface area (Å²) in [5.41, 5.74) is 0.107. The molecule has 0 aromatic carbocycles. The van der Waals surface area contributed by atoms with Gasteiger partial charge in [0.05, 0.1) is 5.92 Å². The van der Waals surface area contributed by atoms with Gasteiger partial charge in [-0.3, -0.25) is 19.0 Å². The second kappa shape index (κ2) is 8.68. The predicted octanol–water partition coefficient (Wildman–Crippen LogP) is 0.730. The molecule has 2 amide bonds. The summed E-state index contributed by atoms with van der Waals surface area (Å²) in [6.45, 7) is 7.55. The molecule has 3 heterocycles. The smallest absolute Gasteiger partial charge is 0.273 e. The Hall–Kier alpha value is -2.49. The number of nitrogens with one attached hydrogen (secondary N) is 2. The molecule has 0 aliphatic carbocycles. The van der Waals surface area contributed by atoms with E-state index in [1.165, 1.54) is 22.2 Å². The van der Waals surface area contributed by atoms with Crippen molar-refractivity contribution in [3.63, 3.8) is 0 Å². The van der Waals surface area contributed by atoms with Crippen molar-refractivity contribution in [2.75, 3.05) is 24.5 Å². The maximum absolute atomic E-state index is 12.7. The van der Waals surface area contributed by atoms with Crippen molar-refractivity contribution in [2.24, 2.45) is 5.92 Å². The van der Waals surface area contributed by atoms with Crippen LogP contribution in [0, 0.1) is 5.92 Å². The van der Waals surface area contributed by atoms with Crippen molar-refractivity contribution >= 4 is 38.6 Å². The lowest BCUT2D eigenvalue weighted by atomic mass is 9.97. The Balaban J connectivity index is 1.80. The van der Waals surface area contributed by atoms with Crippen molar-refractivity contribution < 1.29 is 9.59 Å². The fourth-order valence-electron chi connectivity index (χ4n) is 3.29. The monoisotopic (exact) mass is 406 g/mol. The van der Waals surface area contributed by atoms with E-state index in [0.717, 1.165) is 19.4 Å². The molecule has 9 nitrogen and oxygen atoms in total. The molecule has 2 aromatic heterocycles. The van der Waals surface area contributed by atoms with E-state index in [2.05, 4.69) is 20.6 Å². The Morgan fingerprint density at radius 3 is 2.89 bits per heavy atom. The van der Waals surface area contributed by atoms with Gasteiger partial charge in [0, 0.05) is 25.7 Å². The molecule has 3 rings (SSSR count). The van der Waals surface area contributed by atoms with Crippen molar-refractivity contribution in [1.82, 2.24) is 25.2 Å². The van der Waals surface area contributed by atoms with Crippen LogP contribution in [0.25, 0.3) is 10.3 Å². The normalized spacial score (nSPS) is 17.1. The first-order valence-corrected chi connectivity index (χ1v) is 10.4. The molecule has 152 valence electrons. The van der Waals surface area contributed by atoms with Crippen LogP contribution in [-0.2, 0) is 16.1 Å². The summed E-state index contributed by atoms with van der Waals surface area (Å²) in [6, 6.07) is 0.00635. The van der Waals surface area contributed by atoms with Crippen molar-refractivity contribution in [3.05, 3.63) is 16.7 Å². The largest absolute Gasteiger partial charge is 0.356 e. The summed E-state index contributed by atoms with van der Waals surface area (Å²) >= 11 is 1.27. The minimum Gasteiger partial charge on any atom is -0.356 e. The van der Waals surface area contributed by atoms with Crippen molar-refractivity contribution in [3.8, 4) is 0 Å². The zero-order valence-electron chi connectivity index (χ0n) is 16.4.